The van der Waals surface area contributed by atoms with Crippen molar-refractivity contribution in [1.29, 1.82) is 5.26 Å². The Kier molecular flexibility index (Phi) is 5.68. The van der Waals surface area contributed by atoms with E-state index in [9.17, 15) is 4.79 Å². The number of pyridine rings is 1. The summed E-state index contributed by atoms with van der Waals surface area (Å²) < 4.78 is 0. The van der Waals surface area contributed by atoms with E-state index in [-0.39, 0.29) is 12.5 Å². The lowest BCUT2D eigenvalue weighted by Crippen LogP contribution is -2.35. The lowest BCUT2D eigenvalue weighted by Gasteiger charge is -2.07. The first-order valence-electron chi connectivity index (χ1n) is 6.98. The Balaban J connectivity index is 1.78. The van der Waals surface area contributed by atoms with Crippen molar-refractivity contribution in [1.82, 2.24) is 15.6 Å². The molecule has 0 saturated heterocycles. The second kappa shape index (κ2) is 7.98. The van der Waals surface area contributed by atoms with Crippen LogP contribution in [0.4, 0.5) is 0 Å². The number of benzene rings is 1. The van der Waals surface area contributed by atoms with Gasteiger partial charge in [-0.05, 0) is 24.6 Å². The van der Waals surface area contributed by atoms with Gasteiger partial charge in [0.05, 0.1) is 24.6 Å². The van der Waals surface area contributed by atoms with Gasteiger partial charge in [0.15, 0.2) is 0 Å². The van der Waals surface area contributed by atoms with Crippen LogP contribution in [0.2, 0.25) is 0 Å². The van der Waals surface area contributed by atoms with Crippen LogP contribution < -0.4 is 10.6 Å². The third kappa shape index (κ3) is 4.55. The molecule has 0 aliphatic carbocycles. The summed E-state index contributed by atoms with van der Waals surface area (Å²) in [5.74, 6) is -0.0821. The third-order valence-electron chi connectivity index (χ3n) is 3.13. The van der Waals surface area contributed by atoms with Gasteiger partial charge in [-0.3, -0.25) is 9.78 Å². The van der Waals surface area contributed by atoms with E-state index in [1.54, 1.807) is 6.20 Å². The van der Waals surface area contributed by atoms with Crippen molar-refractivity contribution in [2.45, 2.75) is 12.8 Å². The number of aromatic nitrogens is 1. The summed E-state index contributed by atoms with van der Waals surface area (Å²) in [5.41, 5.74) is 2.19. The normalized spacial score (nSPS) is 10.2. The van der Waals surface area contributed by atoms with Gasteiger partial charge in [-0.1, -0.05) is 24.3 Å². The molecule has 5 heteroatoms. The average molecular weight is 282 g/mol. The summed E-state index contributed by atoms with van der Waals surface area (Å²) in [6, 6.07) is 12.1. The quantitative estimate of drug-likeness (QED) is 0.752. The molecule has 21 heavy (non-hydrogen) atoms. The highest BCUT2D eigenvalue weighted by atomic mass is 16.1. The summed E-state index contributed by atoms with van der Waals surface area (Å²) in [5, 5.41) is 15.3. The smallest absolute Gasteiger partial charge is 0.233 e. The fraction of sp³-hybridized carbons (Fsp3) is 0.312. The van der Waals surface area contributed by atoms with Crippen LogP contribution in [-0.4, -0.2) is 30.5 Å². The summed E-state index contributed by atoms with van der Waals surface area (Å²) in [6.07, 6.45) is 2.95. The van der Waals surface area contributed by atoms with Crippen molar-refractivity contribution in [2.24, 2.45) is 0 Å². The Hall–Kier alpha value is -2.45. The molecule has 0 bridgehead atoms. The molecule has 0 atom stereocenters. The van der Waals surface area contributed by atoms with Gasteiger partial charge in [0.25, 0.3) is 0 Å². The zero-order valence-electron chi connectivity index (χ0n) is 11.8. The van der Waals surface area contributed by atoms with Crippen molar-refractivity contribution in [3.8, 4) is 6.07 Å². The van der Waals surface area contributed by atoms with Crippen molar-refractivity contribution < 1.29 is 4.79 Å². The maximum Gasteiger partial charge on any atom is 0.233 e. The Bertz CT molecular complexity index is 643. The van der Waals surface area contributed by atoms with Gasteiger partial charge >= 0.3 is 0 Å². The van der Waals surface area contributed by atoms with E-state index in [4.69, 9.17) is 5.26 Å². The van der Waals surface area contributed by atoms with Crippen LogP contribution in [0.5, 0.6) is 0 Å². The van der Waals surface area contributed by atoms with Gasteiger partial charge in [-0.2, -0.15) is 5.26 Å². The maximum absolute atomic E-state index is 11.4. The van der Waals surface area contributed by atoms with E-state index >= 15 is 0 Å². The van der Waals surface area contributed by atoms with Crippen LogP contribution in [0.3, 0.4) is 0 Å². The Morgan fingerprint density at radius 3 is 2.95 bits per heavy atom. The van der Waals surface area contributed by atoms with Gasteiger partial charge in [0.2, 0.25) is 5.91 Å². The molecule has 2 rings (SSSR count). The Morgan fingerprint density at radius 1 is 1.24 bits per heavy atom. The molecule has 1 aromatic carbocycles. The fourth-order valence-corrected chi connectivity index (χ4v) is 2.11. The summed E-state index contributed by atoms with van der Waals surface area (Å²) in [7, 11) is 0. The summed E-state index contributed by atoms with van der Waals surface area (Å²) in [4.78, 5) is 15.9. The number of hydrogen-bond acceptors (Lipinski definition) is 4. The van der Waals surface area contributed by atoms with Crippen molar-refractivity contribution >= 4 is 16.8 Å². The van der Waals surface area contributed by atoms with E-state index < -0.39 is 0 Å². The zero-order valence-corrected chi connectivity index (χ0v) is 11.8. The highest BCUT2D eigenvalue weighted by Gasteiger charge is 2.03. The SMILES string of the molecule is N#CCCNC(=O)CNCCc1cccc2cccnc12. The molecule has 0 fully saturated rings. The molecule has 0 aliphatic rings. The maximum atomic E-state index is 11.4. The third-order valence-corrected chi connectivity index (χ3v) is 3.13. The summed E-state index contributed by atoms with van der Waals surface area (Å²) >= 11 is 0. The topological polar surface area (TPSA) is 77.8 Å². The number of nitrogens with one attached hydrogen (secondary N) is 2. The molecule has 0 unspecified atom stereocenters. The predicted octanol–water partition coefficient (Wildman–Crippen LogP) is 1.40. The molecule has 2 N–H and O–H groups in total. The Labute approximate surface area is 124 Å². The molecule has 0 radical (unpaired) electrons. The molecule has 2 aromatic rings. The Morgan fingerprint density at radius 2 is 2.10 bits per heavy atom. The highest BCUT2D eigenvalue weighted by Crippen LogP contribution is 2.15. The molecule has 0 aliphatic heterocycles. The fourth-order valence-electron chi connectivity index (χ4n) is 2.11. The van der Waals surface area contributed by atoms with Crippen molar-refractivity contribution in [3.05, 3.63) is 42.1 Å². The number of fused-ring (bicyclic) bond motifs is 1. The number of hydrogen-bond donors (Lipinski definition) is 2. The molecule has 108 valence electrons. The standard InChI is InChI=1S/C16H18N4O/c17-8-3-10-19-15(21)12-18-11-7-14-5-1-4-13-6-2-9-20-16(13)14/h1-2,4-6,9,18H,3,7,10-12H2,(H,19,21). The molecule has 0 saturated carbocycles. The number of nitrogens with zero attached hydrogens (tertiary/aromatic N) is 2. The molecular weight excluding hydrogens is 264 g/mol. The number of rotatable bonds is 7. The van der Waals surface area contributed by atoms with E-state index in [1.807, 2.05) is 30.3 Å². The number of amides is 1. The molecule has 1 heterocycles. The summed E-state index contributed by atoms with van der Waals surface area (Å²) in [6.45, 7) is 1.38. The van der Waals surface area contributed by atoms with Gasteiger partial charge in [0.1, 0.15) is 0 Å². The minimum atomic E-state index is -0.0821. The molecule has 0 spiro atoms. The first kappa shape index (κ1) is 14.9. The van der Waals surface area contributed by atoms with E-state index in [0.29, 0.717) is 19.5 Å². The van der Waals surface area contributed by atoms with Crippen molar-refractivity contribution in [3.63, 3.8) is 0 Å². The van der Waals surface area contributed by atoms with E-state index in [0.717, 1.165) is 17.3 Å². The van der Waals surface area contributed by atoms with Crippen LogP contribution >= 0.6 is 0 Å². The minimum absolute atomic E-state index is 0.0821. The average Bonchev–Trinajstić information content (AvgIpc) is 2.52. The van der Waals surface area contributed by atoms with E-state index in [1.165, 1.54) is 5.56 Å². The number of carbonyl (C=O) groups excluding carboxylic acids is 1. The van der Waals surface area contributed by atoms with Crippen LogP contribution in [0.15, 0.2) is 36.5 Å². The largest absolute Gasteiger partial charge is 0.354 e. The second-order valence-electron chi connectivity index (χ2n) is 4.68. The number of carbonyl (C=O) groups is 1. The van der Waals surface area contributed by atoms with Gasteiger partial charge in [-0.25, -0.2) is 0 Å². The number of nitriles is 1. The highest BCUT2D eigenvalue weighted by molar-refractivity contribution is 5.81. The van der Waals surface area contributed by atoms with Crippen molar-refractivity contribution in [2.75, 3.05) is 19.6 Å². The lowest BCUT2D eigenvalue weighted by atomic mass is 10.1. The minimum Gasteiger partial charge on any atom is -0.354 e. The first-order chi connectivity index (χ1) is 10.3. The van der Waals surface area contributed by atoms with Gasteiger partial charge in [0, 0.05) is 18.1 Å². The van der Waals surface area contributed by atoms with Crippen LogP contribution in [0.25, 0.3) is 10.9 Å². The number of para-hydroxylation sites is 1. The van der Waals surface area contributed by atoms with Crippen LogP contribution in [-0.2, 0) is 11.2 Å². The van der Waals surface area contributed by atoms with E-state index in [2.05, 4.69) is 21.7 Å². The molecule has 1 amide bonds. The van der Waals surface area contributed by atoms with Gasteiger partial charge < -0.3 is 10.6 Å². The predicted molar refractivity (Wildman–Crippen MR) is 81.6 cm³/mol. The monoisotopic (exact) mass is 282 g/mol. The molecule has 5 nitrogen and oxygen atoms in total. The zero-order chi connectivity index (χ0) is 14.9. The van der Waals surface area contributed by atoms with Crippen LogP contribution in [0.1, 0.15) is 12.0 Å². The molecular formula is C16H18N4O. The first-order valence-corrected chi connectivity index (χ1v) is 6.98. The lowest BCUT2D eigenvalue weighted by molar-refractivity contribution is -0.120. The molecule has 1 aromatic heterocycles. The van der Waals surface area contributed by atoms with Crippen LogP contribution in [0, 0.1) is 11.3 Å². The second-order valence-corrected chi connectivity index (χ2v) is 4.68. The van der Waals surface area contributed by atoms with Gasteiger partial charge in [-0.15, -0.1) is 0 Å².